The van der Waals surface area contributed by atoms with Gasteiger partial charge in [-0.05, 0) is 68.7 Å². The van der Waals surface area contributed by atoms with E-state index in [2.05, 4.69) is 5.32 Å². The summed E-state index contributed by atoms with van der Waals surface area (Å²) >= 11 is 4.98. The highest BCUT2D eigenvalue weighted by atomic mass is 32.1. The number of carbonyl (C=O) groups is 2. The van der Waals surface area contributed by atoms with Crippen molar-refractivity contribution in [1.82, 2.24) is 14.8 Å². The van der Waals surface area contributed by atoms with E-state index in [9.17, 15) is 19.7 Å². The quantitative estimate of drug-likeness (QED) is 0.251. The summed E-state index contributed by atoms with van der Waals surface area (Å²) in [5, 5.41) is 14.4. The summed E-state index contributed by atoms with van der Waals surface area (Å²) in [5.74, 6) is -1.03. The minimum Gasteiger partial charge on any atom is -0.366 e. The molecule has 3 heterocycles. The Morgan fingerprint density at radius 2 is 1.84 bits per heavy atom. The molecule has 2 saturated heterocycles. The van der Waals surface area contributed by atoms with Crippen molar-refractivity contribution in [3.8, 4) is 5.69 Å². The van der Waals surface area contributed by atoms with Crippen LogP contribution in [0, 0.1) is 24.0 Å². The van der Waals surface area contributed by atoms with Gasteiger partial charge in [0.1, 0.15) is 11.3 Å². The molecule has 0 atom stereocenters. The molecule has 1 aromatic heterocycles. The van der Waals surface area contributed by atoms with Gasteiger partial charge < -0.3 is 9.47 Å². The predicted octanol–water partition coefficient (Wildman–Crippen LogP) is 2.86. The second-order valence-corrected chi connectivity index (χ2v) is 8.35. The van der Waals surface area contributed by atoms with Crippen LogP contribution in [0.1, 0.15) is 29.8 Å². The minimum absolute atomic E-state index is 0.0169. The predicted molar refractivity (Wildman–Crippen MR) is 125 cm³/mol. The fraction of sp³-hybridized carbons (Fsp3) is 0.318. The average Bonchev–Trinajstić information content (AvgIpc) is 3.37. The van der Waals surface area contributed by atoms with E-state index >= 15 is 0 Å². The van der Waals surface area contributed by atoms with Crippen molar-refractivity contribution in [2.75, 3.05) is 25.0 Å². The molecule has 1 N–H and O–H groups in total. The molecular formula is C22H23N5O4S. The van der Waals surface area contributed by atoms with Gasteiger partial charge in [0.25, 0.3) is 17.5 Å². The van der Waals surface area contributed by atoms with Gasteiger partial charge in [0, 0.05) is 37.6 Å². The number of nitro groups is 1. The van der Waals surface area contributed by atoms with E-state index in [0.29, 0.717) is 16.9 Å². The number of rotatable bonds is 4. The Kier molecular flexibility index (Phi) is 5.55. The number of hydrogen-bond acceptors (Lipinski definition) is 6. The summed E-state index contributed by atoms with van der Waals surface area (Å²) in [4.78, 5) is 39.5. The van der Waals surface area contributed by atoms with Crippen LogP contribution in [-0.4, -0.2) is 51.5 Å². The zero-order valence-electron chi connectivity index (χ0n) is 18.0. The van der Waals surface area contributed by atoms with Crippen molar-refractivity contribution in [1.29, 1.82) is 0 Å². The number of nitro benzene ring substituents is 1. The zero-order valence-corrected chi connectivity index (χ0v) is 18.9. The highest BCUT2D eigenvalue weighted by molar-refractivity contribution is 7.80. The van der Waals surface area contributed by atoms with Crippen molar-refractivity contribution in [3.63, 3.8) is 0 Å². The minimum atomic E-state index is -0.548. The topological polar surface area (TPSA) is 101 Å². The molecule has 10 heteroatoms. The van der Waals surface area contributed by atoms with Gasteiger partial charge in [0.2, 0.25) is 0 Å². The molecule has 1 aromatic carbocycles. The largest absolute Gasteiger partial charge is 0.366 e. The first-order valence-corrected chi connectivity index (χ1v) is 10.7. The third-order valence-corrected chi connectivity index (χ3v) is 6.31. The molecule has 0 saturated carbocycles. The summed E-state index contributed by atoms with van der Waals surface area (Å²) < 4.78 is 1.88. The molecule has 0 bridgehead atoms. The van der Waals surface area contributed by atoms with Crippen molar-refractivity contribution in [2.45, 2.75) is 26.7 Å². The standard InChI is InChI=1S/C22H23N5O4S/c1-13-10-15(11-17-20(28)23-22(32)24(3)21(17)29)14(2)26(13)16-6-7-18(19(12-16)27(30)31)25-8-4-5-9-25/h6-7,10-12H,4-5,8-9H2,1-3H3,(H,23,28,32)/b17-11-. The molecule has 2 amide bonds. The van der Waals surface area contributed by atoms with E-state index < -0.39 is 11.8 Å². The molecule has 166 valence electrons. The van der Waals surface area contributed by atoms with Crippen LogP contribution in [0.15, 0.2) is 29.8 Å². The molecule has 32 heavy (non-hydrogen) atoms. The fourth-order valence-electron chi connectivity index (χ4n) is 4.25. The lowest BCUT2D eigenvalue weighted by atomic mass is 10.1. The first-order valence-electron chi connectivity index (χ1n) is 10.3. The highest BCUT2D eigenvalue weighted by Gasteiger charge is 2.31. The number of hydrogen-bond donors (Lipinski definition) is 1. The molecular weight excluding hydrogens is 430 g/mol. The Morgan fingerprint density at radius 1 is 1.16 bits per heavy atom. The van der Waals surface area contributed by atoms with Gasteiger partial charge in [-0.2, -0.15) is 0 Å². The van der Waals surface area contributed by atoms with E-state index in [1.54, 1.807) is 12.1 Å². The SMILES string of the molecule is Cc1cc(/C=C2/C(=O)NC(=S)N(C)C2=O)c(C)n1-c1ccc(N2CCCC2)c([N+](=O)[O-])c1. The van der Waals surface area contributed by atoms with Crippen LogP contribution in [0.4, 0.5) is 11.4 Å². The summed E-state index contributed by atoms with van der Waals surface area (Å²) in [7, 11) is 1.50. The summed E-state index contributed by atoms with van der Waals surface area (Å²) in [6, 6.07) is 7.08. The molecule has 9 nitrogen and oxygen atoms in total. The lowest BCUT2D eigenvalue weighted by Gasteiger charge is -2.25. The Labute approximate surface area is 190 Å². The van der Waals surface area contributed by atoms with Crippen LogP contribution in [0.3, 0.4) is 0 Å². The summed E-state index contributed by atoms with van der Waals surface area (Å²) in [6.45, 7) is 5.35. The molecule has 4 rings (SSSR count). The van der Waals surface area contributed by atoms with E-state index in [1.807, 2.05) is 35.4 Å². The molecule has 0 aliphatic carbocycles. The summed E-state index contributed by atoms with van der Waals surface area (Å²) in [6.07, 6.45) is 3.58. The van der Waals surface area contributed by atoms with E-state index in [-0.39, 0.29) is 21.3 Å². The van der Waals surface area contributed by atoms with Gasteiger partial charge in [0.15, 0.2) is 5.11 Å². The first-order chi connectivity index (χ1) is 15.2. The maximum absolute atomic E-state index is 12.5. The van der Waals surface area contributed by atoms with Crippen LogP contribution < -0.4 is 10.2 Å². The monoisotopic (exact) mass is 453 g/mol. The van der Waals surface area contributed by atoms with Gasteiger partial charge in [-0.1, -0.05) is 0 Å². The van der Waals surface area contributed by atoms with Gasteiger partial charge in [-0.15, -0.1) is 0 Å². The number of amides is 2. The maximum atomic E-state index is 12.5. The number of benzene rings is 1. The molecule has 2 aromatic rings. The smallest absolute Gasteiger partial charge is 0.294 e. The molecule has 2 aliphatic rings. The lowest BCUT2D eigenvalue weighted by molar-refractivity contribution is -0.384. The molecule has 0 radical (unpaired) electrons. The Morgan fingerprint density at radius 3 is 2.50 bits per heavy atom. The fourth-order valence-corrected chi connectivity index (χ4v) is 4.43. The van der Waals surface area contributed by atoms with Crippen LogP contribution >= 0.6 is 12.2 Å². The third-order valence-electron chi connectivity index (χ3n) is 5.94. The van der Waals surface area contributed by atoms with Crippen molar-refractivity contribution in [3.05, 3.63) is 56.9 Å². The van der Waals surface area contributed by atoms with E-state index in [1.165, 1.54) is 18.0 Å². The Balaban J connectivity index is 1.76. The second-order valence-electron chi connectivity index (χ2n) is 7.97. The van der Waals surface area contributed by atoms with Crippen LogP contribution in [0.2, 0.25) is 0 Å². The van der Waals surface area contributed by atoms with Gasteiger partial charge in [0.05, 0.1) is 10.6 Å². The summed E-state index contributed by atoms with van der Waals surface area (Å²) in [5.41, 5.74) is 3.58. The normalized spacial score (nSPS) is 18.0. The number of likely N-dealkylation sites (N-methyl/N-ethyl adjacent to an activating group) is 1. The first kappa shape index (κ1) is 21.7. The van der Waals surface area contributed by atoms with Gasteiger partial charge in [-0.3, -0.25) is 29.9 Å². The lowest BCUT2D eigenvalue weighted by Crippen LogP contribution is -2.52. The van der Waals surface area contributed by atoms with Crippen molar-refractivity contribution < 1.29 is 14.5 Å². The van der Waals surface area contributed by atoms with Crippen LogP contribution in [-0.2, 0) is 9.59 Å². The number of carbonyl (C=O) groups excluding carboxylic acids is 2. The number of thiocarbonyl (C=S) groups is 1. The number of nitrogens with zero attached hydrogens (tertiary/aromatic N) is 4. The Bertz CT molecular complexity index is 1190. The molecule has 0 spiro atoms. The molecule has 0 unspecified atom stereocenters. The van der Waals surface area contributed by atoms with E-state index in [0.717, 1.165) is 37.3 Å². The number of aromatic nitrogens is 1. The Hall–Kier alpha value is -3.53. The zero-order chi connectivity index (χ0) is 23.2. The van der Waals surface area contributed by atoms with E-state index in [4.69, 9.17) is 12.2 Å². The van der Waals surface area contributed by atoms with Gasteiger partial charge >= 0.3 is 0 Å². The number of aryl methyl sites for hydroxylation is 1. The second kappa shape index (κ2) is 8.19. The van der Waals surface area contributed by atoms with Crippen LogP contribution in [0.25, 0.3) is 11.8 Å². The van der Waals surface area contributed by atoms with Crippen LogP contribution in [0.5, 0.6) is 0 Å². The third kappa shape index (κ3) is 3.66. The average molecular weight is 454 g/mol. The molecule has 2 fully saturated rings. The van der Waals surface area contributed by atoms with Crippen molar-refractivity contribution in [2.24, 2.45) is 0 Å². The van der Waals surface area contributed by atoms with Gasteiger partial charge in [-0.25, -0.2) is 0 Å². The maximum Gasteiger partial charge on any atom is 0.294 e. The number of anilines is 1. The highest BCUT2D eigenvalue weighted by Crippen LogP contribution is 2.34. The number of nitrogens with one attached hydrogen (secondary N) is 1. The van der Waals surface area contributed by atoms with Crippen molar-refractivity contribution >= 4 is 46.6 Å². The molecule has 2 aliphatic heterocycles.